The minimum atomic E-state index is -3.08. The van der Waals surface area contributed by atoms with Crippen molar-refractivity contribution in [1.29, 1.82) is 0 Å². The van der Waals surface area contributed by atoms with Crippen molar-refractivity contribution in [3.05, 3.63) is 65.2 Å². The van der Waals surface area contributed by atoms with E-state index in [0.29, 0.717) is 21.9 Å². The number of carbonyl (C=O) groups is 1. The molecule has 1 atom stereocenters. The molecule has 0 spiro atoms. The third-order valence-electron chi connectivity index (χ3n) is 8.33. The number of halogens is 3. The first-order valence-electron chi connectivity index (χ1n) is 19.9. The highest BCUT2D eigenvalue weighted by atomic mass is 35.5. The first-order chi connectivity index (χ1) is 25.5. The second-order valence-electron chi connectivity index (χ2n) is 12.2. The zero-order valence-corrected chi connectivity index (χ0v) is 36.1. The Bertz CT molecular complexity index is 1240. The van der Waals surface area contributed by atoms with E-state index in [2.05, 4.69) is 31.6 Å². The standard InChI is InChI=1S/C15H27N3O.C7H7ClO2S.C7H16.C6H4F2.3C2H6.C2H2/c16-14(12-4-5-12)15(19)18-10-6-13(7-11-18)17-8-2-1-3-9-17;1-11(9,10)7-4-2-6(8)3-5-7;1-3-5-7-6-4-2;7-5-2-1-3-6(8)4-5;4*1-2/h12-14H,1-11,16H2;2-5H,1H3;3-7H2,1-2H3;1-4H;3*1-2H3;1-2H. The Labute approximate surface area is 329 Å². The normalized spacial score (nSPS) is 15.6. The predicted octanol–water partition coefficient (Wildman–Crippen LogP) is 11.2. The van der Waals surface area contributed by atoms with Crippen LogP contribution in [-0.2, 0) is 14.6 Å². The molecule has 2 aromatic rings. The van der Waals surface area contributed by atoms with Gasteiger partial charge in [-0.25, -0.2) is 17.2 Å². The molecule has 1 amide bonds. The van der Waals surface area contributed by atoms with Crippen LogP contribution in [0, 0.1) is 30.4 Å². The summed E-state index contributed by atoms with van der Waals surface area (Å²) in [6.07, 6.45) is 24.9. The maximum atomic E-state index is 12.2. The number of carbonyl (C=O) groups excluding carboxylic acids is 1. The van der Waals surface area contributed by atoms with Gasteiger partial charge in [0.05, 0.1) is 10.9 Å². The van der Waals surface area contributed by atoms with Crippen LogP contribution in [-0.4, -0.2) is 68.6 Å². The van der Waals surface area contributed by atoms with Gasteiger partial charge in [-0.15, -0.1) is 12.8 Å². The van der Waals surface area contributed by atoms with Crippen molar-refractivity contribution in [1.82, 2.24) is 9.80 Å². The number of rotatable bonds is 8. The Hall–Kier alpha value is -2.51. The van der Waals surface area contributed by atoms with Crippen LogP contribution in [0.25, 0.3) is 0 Å². The van der Waals surface area contributed by atoms with Gasteiger partial charge in [0.1, 0.15) is 11.6 Å². The zero-order chi connectivity index (χ0) is 41.2. The van der Waals surface area contributed by atoms with Gasteiger partial charge in [-0.05, 0) is 93.9 Å². The number of hydrogen-bond acceptors (Lipinski definition) is 5. The smallest absolute Gasteiger partial charge is 0.239 e. The summed E-state index contributed by atoms with van der Waals surface area (Å²) in [4.78, 5) is 17.2. The van der Waals surface area contributed by atoms with Crippen LogP contribution in [0.2, 0.25) is 5.02 Å². The summed E-state index contributed by atoms with van der Waals surface area (Å²) in [6.45, 7) is 20.9. The monoisotopic (exact) mass is 786 g/mol. The highest BCUT2D eigenvalue weighted by Gasteiger charge is 2.37. The molecule has 306 valence electrons. The third kappa shape index (κ3) is 26.8. The average Bonchev–Trinajstić information content (AvgIpc) is 4.05. The van der Waals surface area contributed by atoms with Crippen LogP contribution in [0.1, 0.15) is 132 Å². The first-order valence-corrected chi connectivity index (χ1v) is 22.2. The van der Waals surface area contributed by atoms with Gasteiger partial charge in [-0.2, -0.15) is 0 Å². The maximum absolute atomic E-state index is 12.2. The summed E-state index contributed by atoms with van der Waals surface area (Å²) in [7, 11) is -3.08. The molecule has 3 aliphatic rings. The van der Waals surface area contributed by atoms with E-state index < -0.39 is 21.5 Å². The fourth-order valence-corrected chi connectivity index (χ4v) is 6.18. The van der Waals surface area contributed by atoms with Gasteiger partial charge in [0.15, 0.2) is 9.84 Å². The molecule has 2 heterocycles. The molecule has 5 rings (SSSR count). The summed E-state index contributed by atoms with van der Waals surface area (Å²) in [6, 6.07) is 11.1. The van der Waals surface area contributed by atoms with Crippen molar-refractivity contribution in [3.8, 4) is 12.8 Å². The topological polar surface area (TPSA) is 83.7 Å². The van der Waals surface area contributed by atoms with Crippen LogP contribution in [0.3, 0.4) is 0 Å². The molecule has 0 radical (unpaired) electrons. The molecule has 1 aliphatic carbocycles. The van der Waals surface area contributed by atoms with Crippen LogP contribution >= 0.6 is 11.6 Å². The molecular weight excluding hydrogens is 712 g/mol. The van der Waals surface area contributed by atoms with Gasteiger partial charge in [-0.3, -0.25) is 4.79 Å². The Morgan fingerprint density at radius 3 is 1.60 bits per heavy atom. The number of likely N-dealkylation sites (tertiary alicyclic amines) is 2. The van der Waals surface area contributed by atoms with Crippen molar-refractivity contribution >= 4 is 27.3 Å². The van der Waals surface area contributed by atoms with E-state index in [0.717, 1.165) is 51.1 Å². The summed E-state index contributed by atoms with van der Waals surface area (Å²) in [5.41, 5.74) is 6.03. The quantitative estimate of drug-likeness (QED) is 0.213. The van der Waals surface area contributed by atoms with Crippen molar-refractivity contribution in [2.24, 2.45) is 11.7 Å². The second kappa shape index (κ2) is 35.2. The lowest BCUT2D eigenvalue weighted by molar-refractivity contribution is -0.134. The fraction of sp³-hybridized carbons (Fsp3) is 0.651. The van der Waals surface area contributed by atoms with Gasteiger partial charge in [-0.1, -0.05) is 112 Å². The summed E-state index contributed by atoms with van der Waals surface area (Å²) in [5.74, 6) is -0.387. The molecule has 53 heavy (non-hydrogen) atoms. The van der Waals surface area contributed by atoms with E-state index in [9.17, 15) is 22.0 Å². The third-order valence-corrected chi connectivity index (χ3v) is 9.71. The number of sulfone groups is 1. The molecular formula is C43H74ClF2N3O3S. The lowest BCUT2D eigenvalue weighted by Gasteiger charge is -2.40. The first kappa shape index (κ1) is 54.8. The van der Waals surface area contributed by atoms with Crippen LogP contribution < -0.4 is 5.73 Å². The van der Waals surface area contributed by atoms with Crippen molar-refractivity contribution in [2.75, 3.05) is 32.4 Å². The molecule has 10 heteroatoms. The van der Waals surface area contributed by atoms with E-state index >= 15 is 0 Å². The van der Waals surface area contributed by atoms with Gasteiger partial charge in [0, 0.05) is 36.5 Å². The van der Waals surface area contributed by atoms with Crippen LogP contribution in [0.15, 0.2) is 53.4 Å². The van der Waals surface area contributed by atoms with Crippen LogP contribution in [0.5, 0.6) is 0 Å². The number of unbranched alkanes of at least 4 members (excludes halogenated alkanes) is 4. The number of terminal acetylenes is 1. The Morgan fingerprint density at radius 2 is 1.25 bits per heavy atom. The lowest BCUT2D eigenvalue weighted by Crippen LogP contribution is -2.52. The van der Waals surface area contributed by atoms with Crippen molar-refractivity contribution < 1.29 is 22.0 Å². The predicted molar refractivity (Wildman–Crippen MR) is 225 cm³/mol. The molecule has 0 bridgehead atoms. The summed E-state index contributed by atoms with van der Waals surface area (Å²) in [5, 5.41) is 0.539. The SMILES string of the molecule is C#C.CC.CC.CC.CCCCCCC.CS(=O)(=O)c1ccc(Cl)cc1.Fc1cccc(F)c1.NC(C(=O)N1CCC(N2CCCCC2)CC1)C1CC1. The molecule has 6 nitrogen and oxygen atoms in total. The van der Waals surface area contributed by atoms with E-state index in [1.807, 2.05) is 46.4 Å². The summed E-state index contributed by atoms with van der Waals surface area (Å²) >= 11 is 5.57. The number of amides is 1. The van der Waals surface area contributed by atoms with Crippen LogP contribution in [0.4, 0.5) is 8.78 Å². The molecule has 1 unspecified atom stereocenters. The van der Waals surface area contributed by atoms with E-state index in [1.165, 1.54) is 94.8 Å². The molecule has 2 aliphatic heterocycles. The molecule has 2 saturated heterocycles. The van der Waals surface area contributed by atoms with Gasteiger partial charge in [0.25, 0.3) is 0 Å². The van der Waals surface area contributed by atoms with Gasteiger partial charge >= 0.3 is 0 Å². The second-order valence-corrected chi connectivity index (χ2v) is 14.7. The number of nitrogens with two attached hydrogens (primary N) is 1. The summed E-state index contributed by atoms with van der Waals surface area (Å²) < 4.78 is 45.7. The van der Waals surface area contributed by atoms with E-state index in [1.54, 1.807) is 12.1 Å². The zero-order valence-electron chi connectivity index (χ0n) is 34.6. The molecule has 1 saturated carbocycles. The molecule has 0 aromatic heterocycles. The number of benzene rings is 2. The molecule has 3 fully saturated rings. The lowest BCUT2D eigenvalue weighted by atomic mass is 9.99. The number of hydrogen-bond donors (Lipinski definition) is 1. The van der Waals surface area contributed by atoms with E-state index in [-0.39, 0.29) is 11.9 Å². The average molecular weight is 787 g/mol. The molecule has 2 aromatic carbocycles. The number of piperidine rings is 2. The van der Waals surface area contributed by atoms with E-state index in [4.69, 9.17) is 17.3 Å². The Balaban J connectivity index is -0.000000633. The number of nitrogens with zero attached hydrogens (tertiary/aromatic N) is 2. The van der Waals surface area contributed by atoms with Gasteiger partial charge in [0.2, 0.25) is 5.91 Å². The van der Waals surface area contributed by atoms with Crippen molar-refractivity contribution in [3.63, 3.8) is 0 Å². The minimum absolute atomic E-state index is 0.208. The largest absolute Gasteiger partial charge is 0.341 e. The maximum Gasteiger partial charge on any atom is 0.239 e. The fourth-order valence-electron chi connectivity index (χ4n) is 5.42. The molecule has 2 N–H and O–H groups in total. The van der Waals surface area contributed by atoms with Gasteiger partial charge < -0.3 is 15.5 Å². The highest BCUT2D eigenvalue weighted by molar-refractivity contribution is 7.90. The van der Waals surface area contributed by atoms with Crippen molar-refractivity contribution in [2.45, 2.75) is 149 Å². The Morgan fingerprint density at radius 1 is 0.792 bits per heavy atom. The Kier molecular flexibility index (Phi) is 36.4. The highest BCUT2D eigenvalue weighted by Crippen LogP contribution is 2.33. The minimum Gasteiger partial charge on any atom is -0.341 e.